The molecule has 2 aromatic carbocycles. The zero-order valence-corrected chi connectivity index (χ0v) is 13.8. The Morgan fingerprint density at radius 1 is 1.08 bits per heavy atom. The Morgan fingerprint density at radius 3 is 2.40 bits per heavy atom. The number of phenolic OH excluding ortho intramolecular Hbond substituents is 3. The average molecular weight is 340 g/mol. The van der Waals surface area contributed by atoms with Gasteiger partial charge in [0, 0.05) is 25.9 Å². The highest BCUT2D eigenvalue weighted by atomic mass is 16.3. The number of benzene rings is 2. The number of amides is 1. The number of phenols is 3. The molecule has 128 valence electrons. The lowest BCUT2D eigenvalue weighted by Gasteiger charge is -2.12. The van der Waals surface area contributed by atoms with Crippen LogP contribution in [-0.2, 0) is 0 Å². The van der Waals surface area contributed by atoms with Gasteiger partial charge in [0.25, 0.3) is 5.91 Å². The Morgan fingerprint density at radius 2 is 1.76 bits per heavy atom. The first-order chi connectivity index (χ1) is 11.9. The second-order valence-electron chi connectivity index (χ2n) is 5.45. The van der Waals surface area contributed by atoms with E-state index in [0.717, 1.165) is 0 Å². The molecule has 0 unspecified atom stereocenters. The van der Waals surface area contributed by atoms with Crippen molar-refractivity contribution >= 4 is 34.2 Å². The number of hydrogen-bond donors (Lipinski definition) is 4. The second kappa shape index (κ2) is 5.90. The summed E-state index contributed by atoms with van der Waals surface area (Å²) in [6, 6.07) is 2.77. The Balaban J connectivity index is 2.56. The molecular weight excluding hydrogens is 324 g/mol. The molecule has 25 heavy (non-hydrogen) atoms. The van der Waals surface area contributed by atoms with Crippen LogP contribution < -0.4 is 5.32 Å². The number of carbonyl (C=O) groups excluding carboxylic acids is 1. The van der Waals surface area contributed by atoms with E-state index < -0.39 is 5.91 Å². The van der Waals surface area contributed by atoms with Gasteiger partial charge in [-0.15, -0.1) is 0 Å². The molecule has 3 rings (SSSR count). The highest BCUT2D eigenvalue weighted by Crippen LogP contribution is 2.38. The van der Waals surface area contributed by atoms with Gasteiger partial charge in [-0.2, -0.15) is 0 Å². The van der Waals surface area contributed by atoms with Gasteiger partial charge in [-0.05, 0) is 19.1 Å². The van der Waals surface area contributed by atoms with Crippen LogP contribution in [0.2, 0.25) is 0 Å². The van der Waals surface area contributed by atoms with E-state index in [1.807, 2.05) is 0 Å². The normalized spacial score (nSPS) is 11.5. The highest BCUT2D eigenvalue weighted by Gasteiger charge is 2.21. The van der Waals surface area contributed by atoms with Gasteiger partial charge in [0.15, 0.2) is 0 Å². The first kappa shape index (κ1) is 16.4. The molecule has 1 aromatic heterocycles. The summed E-state index contributed by atoms with van der Waals surface area (Å²) in [7, 11) is 3.01. The van der Waals surface area contributed by atoms with Gasteiger partial charge in [0.1, 0.15) is 39.3 Å². The lowest BCUT2D eigenvalue weighted by molar-refractivity contribution is 0.0964. The molecule has 0 spiro atoms. The number of aliphatic imine (C=N–C) groups is 1. The van der Waals surface area contributed by atoms with Crippen molar-refractivity contribution in [2.24, 2.45) is 4.99 Å². The van der Waals surface area contributed by atoms with Crippen LogP contribution in [0.5, 0.6) is 17.2 Å². The lowest BCUT2D eigenvalue weighted by Crippen LogP contribution is -2.18. The fourth-order valence-corrected chi connectivity index (χ4v) is 2.65. The molecular formula is C17H16N4O4. The standard InChI is InChI=1S/C17H16N4O4/c1-7-15(23)9(6-18-2)12-14(16(7)24)21-11-8(17(25)19-3)4-5-10(22)13(11)20-12/h4-6,22-24H,1-3H3,(H,19,25)/b18-6-. The van der Waals surface area contributed by atoms with E-state index in [4.69, 9.17) is 0 Å². The number of aromatic hydroxyl groups is 3. The van der Waals surface area contributed by atoms with Crippen molar-refractivity contribution in [3.05, 3.63) is 28.8 Å². The molecule has 0 aliphatic carbocycles. The summed E-state index contributed by atoms with van der Waals surface area (Å²) in [5, 5.41) is 33.3. The second-order valence-corrected chi connectivity index (χ2v) is 5.45. The van der Waals surface area contributed by atoms with Gasteiger partial charge in [-0.25, -0.2) is 9.97 Å². The summed E-state index contributed by atoms with van der Waals surface area (Å²) in [4.78, 5) is 24.6. The molecule has 3 aromatic rings. The molecule has 8 heteroatoms. The smallest absolute Gasteiger partial charge is 0.253 e. The minimum atomic E-state index is -0.399. The van der Waals surface area contributed by atoms with E-state index >= 15 is 0 Å². The van der Waals surface area contributed by atoms with E-state index in [1.54, 1.807) is 0 Å². The first-order valence-corrected chi connectivity index (χ1v) is 7.42. The average Bonchev–Trinajstić information content (AvgIpc) is 2.62. The molecule has 0 aliphatic rings. The van der Waals surface area contributed by atoms with Gasteiger partial charge in [0.05, 0.1) is 11.1 Å². The van der Waals surface area contributed by atoms with Crippen LogP contribution in [0, 0.1) is 6.92 Å². The zero-order chi connectivity index (χ0) is 18.3. The molecule has 0 atom stereocenters. The Labute approximate surface area is 142 Å². The predicted octanol–water partition coefficient (Wildman–Crippen LogP) is 1.62. The minimum absolute atomic E-state index is 0.0852. The van der Waals surface area contributed by atoms with E-state index in [1.165, 1.54) is 39.4 Å². The third-order valence-corrected chi connectivity index (χ3v) is 3.98. The summed E-state index contributed by atoms with van der Waals surface area (Å²) in [6.07, 6.45) is 1.39. The molecule has 0 radical (unpaired) electrons. The van der Waals surface area contributed by atoms with Crippen molar-refractivity contribution in [3.8, 4) is 17.2 Å². The first-order valence-electron chi connectivity index (χ1n) is 7.42. The number of hydrogen-bond acceptors (Lipinski definition) is 7. The maximum absolute atomic E-state index is 12.1. The molecule has 1 heterocycles. The van der Waals surface area contributed by atoms with E-state index in [2.05, 4.69) is 20.3 Å². The number of nitrogens with zero attached hydrogens (tertiary/aromatic N) is 3. The van der Waals surface area contributed by atoms with Crippen molar-refractivity contribution in [2.45, 2.75) is 6.92 Å². The lowest BCUT2D eigenvalue weighted by atomic mass is 10.0. The summed E-state index contributed by atoms with van der Waals surface area (Å²) in [5.74, 6) is -0.993. The summed E-state index contributed by atoms with van der Waals surface area (Å²) < 4.78 is 0. The van der Waals surface area contributed by atoms with Crippen LogP contribution in [-0.4, -0.2) is 51.5 Å². The molecule has 1 amide bonds. The molecule has 8 nitrogen and oxygen atoms in total. The van der Waals surface area contributed by atoms with Gasteiger partial charge in [-0.1, -0.05) is 0 Å². The highest BCUT2D eigenvalue weighted by molar-refractivity contribution is 6.10. The number of aromatic nitrogens is 2. The Kier molecular flexibility index (Phi) is 3.88. The Hall–Kier alpha value is -3.42. The summed E-state index contributed by atoms with van der Waals surface area (Å²) >= 11 is 0. The zero-order valence-electron chi connectivity index (χ0n) is 13.8. The van der Waals surface area contributed by atoms with Gasteiger partial charge in [0.2, 0.25) is 0 Å². The third kappa shape index (κ3) is 2.38. The van der Waals surface area contributed by atoms with E-state index in [0.29, 0.717) is 0 Å². The molecule has 0 aliphatic heterocycles. The van der Waals surface area contributed by atoms with Crippen LogP contribution >= 0.6 is 0 Å². The molecule has 0 saturated carbocycles. The SMILES string of the molecule is C/N=C\c1c(O)c(C)c(O)c2nc3c(C(=O)NC)ccc(O)c3nc12. The van der Waals surface area contributed by atoms with E-state index in [-0.39, 0.29) is 56.0 Å². The number of rotatable bonds is 2. The van der Waals surface area contributed by atoms with Crippen molar-refractivity contribution in [3.63, 3.8) is 0 Å². The van der Waals surface area contributed by atoms with Gasteiger partial charge in [-0.3, -0.25) is 9.79 Å². The number of fused-ring (bicyclic) bond motifs is 2. The fourth-order valence-electron chi connectivity index (χ4n) is 2.65. The van der Waals surface area contributed by atoms with E-state index in [9.17, 15) is 20.1 Å². The molecule has 0 bridgehead atoms. The minimum Gasteiger partial charge on any atom is -0.507 e. The monoisotopic (exact) mass is 340 g/mol. The summed E-state index contributed by atoms with van der Waals surface area (Å²) in [5.41, 5.74) is 1.20. The number of carbonyl (C=O) groups is 1. The molecule has 0 saturated heterocycles. The molecule has 4 N–H and O–H groups in total. The molecule has 0 fully saturated rings. The van der Waals surface area contributed by atoms with Crippen molar-refractivity contribution < 1.29 is 20.1 Å². The van der Waals surface area contributed by atoms with Gasteiger partial charge >= 0.3 is 0 Å². The maximum atomic E-state index is 12.1. The summed E-state index contributed by atoms with van der Waals surface area (Å²) in [6.45, 7) is 1.53. The van der Waals surface area contributed by atoms with Crippen LogP contribution in [0.4, 0.5) is 0 Å². The van der Waals surface area contributed by atoms with Crippen LogP contribution in [0.15, 0.2) is 17.1 Å². The Bertz CT molecular complexity index is 1060. The van der Waals surface area contributed by atoms with Crippen LogP contribution in [0.3, 0.4) is 0 Å². The van der Waals surface area contributed by atoms with Crippen molar-refractivity contribution in [2.75, 3.05) is 14.1 Å². The van der Waals surface area contributed by atoms with Crippen LogP contribution in [0.25, 0.3) is 22.1 Å². The number of nitrogens with one attached hydrogen (secondary N) is 1. The van der Waals surface area contributed by atoms with Crippen LogP contribution in [0.1, 0.15) is 21.5 Å². The fraction of sp³-hybridized carbons (Fsp3) is 0.176. The van der Waals surface area contributed by atoms with Crippen molar-refractivity contribution in [1.29, 1.82) is 0 Å². The quantitative estimate of drug-likeness (QED) is 0.414. The topological polar surface area (TPSA) is 128 Å². The predicted molar refractivity (Wildman–Crippen MR) is 93.7 cm³/mol. The third-order valence-electron chi connectivity index (χ3n) is 3.98. The maximum Gasteiger partial charge on any atom is 0.253 e. The largest absolute Gasteiger partial charge is 0.507 e. The van der Waals surface area contributed by atoms with Gasteiger partial charge < -0.3 is 20.6 Å². The van der Waals surface area contributed by atoms with Crippen molar-refractivity contribution in [1.82, 2.24) is 15.3 Å².